The van der Waals surface area contributed by atoms with E-state index >= 15 is 0 Å². The average molecular weight is 440 g/mol. The summed E-state index contributed by atoms with van der Waals surface area (Å²) in [4.78, 5) is 0.629. The van der Waals surface area contributed by atoms with Crippen molar-refractivity contribution in [2.45, 2.75) is 25.8 Å². The maximum absolute atomic E-state index is 13.2. The van der Waals surface area contributed by atoms with Gasteiger partial charge in [0.2, 0.25) is 11.8 Å². The van der Waals surface area contributed by atoms with E-state index < -0.39 is 36.6 Å². The topological polar surface area (TPSA) is 66.0 Å². The highest BCUT2D eigenvalue weighted by molar-refractivity contribution is 5.56. The van der Waals surface area contributed by atoms with Gasteiger partial charge in [-0.2, -0.15) is 31.6 Å². The molecule has 11 heteroatoms. The molecule has 3 aromatic rings. The predicted octanol–water partition coefficient (Wildman–Crippen LogP) is 5.50. The molecule has 0 radical (unpaired) electrons. The number of hydrogen-bond donors (Lipinski definition) is 0. The fraction of sp³-hybridized carbons (Fsp3) is 0.250. The first-order valence-electron chi connectivity index (χ1n) is 8.79. The lowest BCUT2D eigenvalue weighted by molar-refractivity contribution is -0.137. The van der Waals surface area contributed by atoms with Gasteiger partial charge in [0, 0.05) is 11.3 Å². The molecule has 31 heavy (non-hydrogen) atoms. The van der Waals surface area contributed by atoms with Crippen molar-refractivity contribution in [3.63, 3.8) is 0 Å². The van der Waals surface area contributed by atoms with E-state index in [1.165, 1.54) is 6.07 Å². The Bertz CT molecular complexity index is 1110. The molecule has 5 nitrogen and oxygen atoms in total. The summed E-state index contributed by atoms with van der Waals surface area (Å²) in [5.41, 5.74) is -0.959. The molecule has 0 aliphatic carbocycles. The largest absolute Gasteiger partial charge is 0.419 e. The second-order valence-corrected chi connectivity index (χ2v) is 6.68. The fourth-order valence-corrected chi connectivity index (χ4v) is 2.89. The number of benzene rings is 2. The number of alkyl halides is 6. The van der Waals surface area contributed by atoms with Gasteiger partial charge in [-0.05, 0) is 37.3 Å². The molecular weight excluding hydrogens is 426 g/mol. The van der Waals surface area contributed by atoms with E-state index in [4.69, 9.17) is 9.68 Å². The minimum Gasteiger partial charge on any atom is -0.419 e. The van der Waals surface area contributed by atoms with Crippen molar-refractivity contribution in [2.24, 2.45) is 0 Å². The highest BCUT2D eigenvalue weighted by atomic mass is 19.4. The Morgan fingerprint density at radius 3 is 2.39 bits per heavy atom. The van der Waals surface area contributed by atoms with Crippen LogP contribution in [0.5, 0.6) is 0 Å². The summed E-state index contributed by atoms with van der Waals surface area (Å²) in [7, 11) is 0. The molecule has 0 fully saturated rings. The van der Waals surface area contributed by atoms with E-state index in [0.29, 0.717) is 16.5 Å². The molecule has 0 aliphatic heterocycles. The van der Waals surface area contributed by atoms with Crippen LogP contribution in [0, 0.1) is 18.3 Å². The molecule has 0 amide bonds. The molecule has 0 N–H and O–H groups in total. The number of nitriles is 1. The van der Waals surface area contributed by atoms with Crippen molar-refractivity contribution in [1.29, 1.82) is 5.26 Å². The van der Waals surface area contributed by atoms with Gasteiger partial charge in [-0.1, -0.05) is 17.7 Å². The summed E-state index contributed by atoms with van der Waals surface area (Å²) in [6, 6.07) is 10.7. The summed E-state index contributed by atoms with van der Waals surface area (Å²) < 4.78 is 84.4. The highest BCUT2D eigenvalue weighted by Gasteiger charge is 2.36. The van der Waals surface area contributed by atoms with Crippen molar-refractivity contribution in [1.82, 2.24) is 10.2 Å². The molecule has 0 atom stereocenters. The summed E-state index contributed by atoms with van der Waals surface area (Å²) in [5, 5.41) is 16.4. The standard InChI is InChI=1S/C20H14F6N4O/c1-12-3-2-4-13(7-12)18-29-28-17(31-18)10-30(11-19(21,22)23)15-6-5-14(9-27)16(8-15)20(24,25)26/h2-8H,10-11H2,1H3. The maximum atomic E-state index is 13.2. The number of anilines is 1. The van der Waals surface area contributed by atoms with E-state index in [2.05, 4.69) is 10.2 Å². The van der Waals surface area contributed by atoms with Gasteiger partial charge in [0.05, 0.1) is 23.7 Å². The quantitative estimate of drug-likeness (QED) is 0.490. The molecule has 0 bridgehead atoms. The molecule has 1 heterocycles. The van der Waals surface area contributed by atoms with Gasteiger partial charge in [0.25, 0.3) is 0 Å². The Morgan fingerprint density at radius 1 is 1.03 bits per heavy atom. The summed E-state index contributed by atoms with van der Waals surface area (Å²) >= 11 is 0. The van der Waals surface area contributed by atoms with Crippen LogP contribution in [0.25, 0.3) is 11.5 Å². The molecule has 0 unspecified atom stereocenters. The molecule has 3 rings (SSSR count). The fourth-order valence-electron chi connectivity index (χ4n) is 2.89. The molecule has 162 valence electrons. The predicted molar refractivity (Wildman–Crippen MR) is 97.7 cm³/mol. The second kappa shape index (κ2) is 8.29. The lowest BCUT2D eigenvalue weighted by atomic mass is 10.1. The maximum Gasteiger partial charge on any atom is 0.417 e. The Hall–Kier alpha value is -3.55. The van der Waals surface area contributed by atoms with Gasteiger partial charge in [-0.25, -0.2) is 0 Å². The molecule has 0 saturated heterocycles. The van der Waals surface area contributed by atoms with Gasteiger partial charge >= 0.3 is 12.4 Å². The van der Waals surface area contributed by atoms with E-state index in [9.17, 15) is 26.3 Å². The number of hydrogen-bond acceptors (Lipinski definition) is 5. The van der Waals surface area contributed by atoms with Crippen LogP contribution in [-0.4, -0.2) is 22.9 Å². The SMILES string of the molecule is Cc1cccc(-c2nnc(CN(CC(F)(F)F)c3ccc(C#N)c(C(F)(F)F)c3)o2)c1. The van der Waals surface area contributed by atoms with E-state index in [1.54, 1.807) is 18.2 Å². The van der Waals surface area contributed by atoms with Crippen molar-refractivity contribution < 1.29 is 30.8 Å². The van der Waals surface area contributed by atoms with Crippen molar-refractivity contribution in [2.75, 3.05) is 11.4 Å². The minimum atomic E-state index is -4.91. The number of nitrogens with zero attached hydrogens (tertiary/aromatic N) is 4. The van der Waals surface area contributed by atoms with Gasteiger partial charge in [0.1, 0.15) is 6.54 Å². The molecule has 0 saturated carbocycles. The monoisotopic (exact) mass is 440 g/mol. The first-order valence-corrected chi connectivity index (χ1v) is 8.79. The third kappa shape index (κ3) is 5.53. The smallest absolute Gasteiger partial charge is 0.417 e. The van der Waals surface area contributed by atoms with E-state index in [1.807, 2.05) is 13.0 Å². The number of aromatic nitrogens is 2. The lowest BCUT2D eigenvalue weighted by Gasteiger charge is -2.25. The molecule has 1 aromatic heterocycles. The van der Waals surface area contributed by atoms with Crippen molar-refractivity contribution in [3.8, 4) is 17.5 Å². The van der Waals surface area contributed by atoms with Gasteiger partial charge in [-0.3, -0.25) is 0 Å². The third-order valence-electron chi connectivity index (χ3n) is 4.22. The van der Waals surface area contributed by atoms with Crippen LogP contribution in [0.4, 0.5) is 32.0 Å². The number of rotatable bonds is 5. The first-order chi connectivity index (χ1) is 14.5. The molecule has 0 spiro atoms. The summed E-state index contributed by atoms with van der Waals surface area (Å²) in [6.07, 6.45) is -9.63. The average Bonchev–Trinajstić information content (AvgIpc) is 3.14. The summed E-state index contributed by atoms with van der Waals surface area (Å²) in [6.45, 7) is -0.311. The lowest BCUT2D eigenvalue weighted by Crippen LogP contribution is -2.34. The Labute approximate surface area is 172 Å². The van der Waals surface area contributed by atoms with Gasteiger partial charge in [0.15, 0.2) is 0 Å². The highest BCUT2D eigenvalue weighted by Crippen LogP contribution is 2.35. The van der Waals surface area contributed by atoms with E-state index in [-0.39, 0.29) is 17.5 Å². The van der Waals surface area contributed by atoms with Crippen LogP contribution in [0.15, 0.2) is 46.9 Å². The van der Waals surface area contributed by atoms with Crippen LogP contribution in [0.1, 0.15) is 22.6 Å². The van der Waals surface area contributed by atoms with Gasteiger partial charge < -0.3 is 9.32 Å². The first kappa shape index (κ1) is 22.1. The van der Waals surface area contributed by atoms with Crippen LogP contribution < -0.4 is 4.90 Å². The minimum absolute atomic E-state index is 0.0708. The van der Waals surface area contributed by atoms with Crippen molar-refractivity contribution >= 4 is 5.69 Å². The molecule has 2 aromatic carbocycles. The normalized spacial score (nSPS) is 11.9. The number of aryl methyl sites for hydroxylation is 1. The van der Waals surface area contributed by atoms with Crippen LogP contribution in [0.3, 0.4) is 0 Å². The second-order valence-electron chi connectivity index (χ2n) is 6.68. The Morgan fingerprint density at radius 2 is 1.77 bits per heavy atom. The zero-order chi connectivity index (χ0) is 22.8. The van der Waals surface area contributed by atoms with E-state index in [0.717, 1.165) is 17.7 Å². The van der Waals surface area contributed by atoms with Crippen LogP contribution in [0.2, 0.25) is 0 Å². The molecular formula is C20H14F6N4O. The third-order valence-corrected chi connectivity index (χ3v) is 4.22. The van der Waals surface area contributed by atoms with Crippen molar-refractivity contribution in [3.05, 3.63) is 65.0 Å². The Balaban J connectivity index is 1.95. The zero-order valence-corrected chi connectivity index (χ0v) is 15.9. The summed E-state index contributed by atoms with van der Waals surface area (Å²) in [5.74, 6) is -0.139. The van der Waals surface area contributed by atoms with Gasteiger partial charge in [-0.15, -0.1) is 10.2 Å². The van der Waals surface area contributed by atoms with Crippen LogP contribution >= 0.6 is 0 Å². The Kier molecular flexibility index (Phi) is 5.92. The number of halogens is 6. The zero-order valence-electron chi connectivity index (χ0n) is 15.9. The van der Waals surface area contributed by atoms with Crippen LogP contribution in [-0.2, 0) is 12.7 Å². The molecule has 0 aliphatic rings.